The molecule has 392 valence electrons. The molecule has 73 heavy (non-hydrogen) atoms. The Bertz CT molecular complexity index is 3470. The number of amides is 1. The van der Waals surface area contributed by atoms with Crippen LogP contribution in [0, 0.1) is 11.8 Å². The highest BCUT2D eigenvalue weighted by molar-refractivity contribution is 7.86. The van der Waals surface area contributed by atoms with Gasteiger partial charge < -0.3 is 59.2 Å². The lowest BCUT2D eigenvalue weighted by molar-refractivity contribution is -0.120. The number of anilines is 2. The lowest BCUT2D eigenvalue weighted by atomic mass is 9.88. The first-order chi connectivity index (χ1) is 33.9. The van der Waals surface area contributed by atoms with Gasteiger partial charge in [0.05, 0.1) is 63.2 Å². The predicted octanol–water partition coefficient (Wildman–Crippen LogP) is 3.24. The molecule has 4 aromatic rings. The first-order valence-corrected chi connectivity index (χ1v) is 28.7. The second-order valence-corrected chi connectivity index (χ2v) is 24.5. The van der Waals surface area contributed by atoms with Crippen LogP contribution < -0.4 is 36.0 Å². The van der Waals surface area contributed by atoms with Crippen molar-refractivity contribution in [2.24, 2.45) is 4.99 Å². The van der Waals surface area contributed by atoms with Crippen molar-refractivity contribution in [1.29, 1.82) is 0 Å². The van der Waals surface area contributed by atoms with Gasteiger partial charge in [0.25, 0.3) is 0 Å². The summed E-state index contributed by atoms with van der Waals surface area (Å²) < 4.78 is 99.5. The fourth-order valence-electron chi connectivity index (χ4n) is 9.60. The average Bonchev–Trinajstić information content (AvgIpc) is 3.81. The molecule has 8 rings (SSSR count). The second-order valence-electron chi connectivity index (χ2n) is 18.7. The molecule has 29 heteroatoms. The van der Waals surface area contributed by atoms with E-state index in [2.05, 4.69) is 78.9 Å². The molecule has 0 saturated carbocycles. The van der Waals surface area contributed by atoms with Gasteiger partial charge in [0, 0.05) is 63.2 Å². The molecule has 4 aliphatic heterocycles. The number of nitrogens with zero attached hydrogens (tertiary/aromatic N) is 6. The van der Waals surface area contributed by atoms with Crippen LogP contribution in [0.3, 0.4) is 0 Å². The SMILES string of the molecule is CCN1c2cc3c(cc2C(C)=CC1(C)C)N=c1cc2c(cc1O3)=[N+](CCCC(=O)NCC#Cc1cn([C@H]3C[C@H](O)[C@@H](COP(=O)(O)OP(=O)(O)OP(=O)(O)O)O3)c3ncnc(N)c13)C(C)(C)C=C2CS(=O)(=O)[O-]. The van der Waals surface area contributed by atoms with E-state index in [0.29, 0.717) is 63.0 Å². The van der Waals surface area contributed by atoms with Gasteiger partial charge in [-0.15, -0.1) is 0 Å². The molecular weight excluding hydrogens is 1040 g/mol. The van der Waals surface area contributed by atoms with Gasteiger partial charge in [0.1, 0.15) is 47.7 Å². The first kappa shape index (κ1) is 54.1. The standard InChI is InChI=1S/C44H53N8O17P3S/c1-7-51-32-16-35-30(14-28(32)25(2)19-43(51,3)4)49-31-15-29-27(23-73(62,63)64)20-44(5,6)52(33(29)17-36(31)66-35)13-9-11-38(54)46-12-8-10-26-21-50(42-40(26)41(45)47-24-48-42)39-18-34(53)37(67-39)22-65-71(58,59)69-72(60,61)68-70(55,56)57/h14-17,19-21,24,34,37,39,53H,7,9,11-13,18,22-23H2,1-6H3,(H7-,45,46,47,48,54,55,56,57,58,59,60,61,62,63,64)/t34-,37+,39+/m0/s1. The molecule has 1 fully saturated rings. The Labute approximate surface area is 418 Å². The van der Waals surface area contributed by atoms with Crippen molar-refractivity contribution in [2.45, 2.75) is 90.3 Å². The van der Waals surface area contributed by atoms with E-state index in [1.165, 1.54) is 17.1 Å². The molecule has 5 atom stereocenters. The molecular formula is C44H53N8O17P3S. The molecule has 25 nitrogen and oxygen atoms in total. The van der Waals surface area contributed by atoms with Crippen molar-refractivity contribution in [3.05, 3.63) is 76.3 Å². The minimum Gasteiger partial charge on any atom is -0.748 e. The number of phosphoric ester groups is 1. The molecule has 1 saturated heterocycles. The molecule has 0 spiro atoms. The number of carbonyl (C=O) groups is 1. The van der Waals surface area contributed by atoms with Gasteiger partial charge in [0.2, 0.25) is 11.3 Å². The van der Waals surface area contributed by atoms with Crippen LogP contribution >= 0.6 is 23.5 Å². The summed E-state index contributed by atoms with van der Waals surface area (Å²) in [4.78, 5) is 65.6. The van der Waals surface area contributed by atoms with E-state index in [4.69, 9.17) is 30.0 Å². The predicted molar refractivity (Wildman–Crippen MR) is 262 cm³/mol. The van der Waals surface area contributed by atoms with E-state index in [-0.39, 0.29) is 42.3 Å². The number of hydrogen-bond donors (Lipinski definition) is 7. The minimum absolute atomic E-state index is 0.0451. The number of fused-ring (bicyclic) bond motifs is 5. The number of carbonyl (C=O) groups excluding carboxylic acids is 1. The summed E-state index contributed by atoms with van der Waals surface area (Å²) in [6.07, 6.45) is 3.31. The fraction of sp³-hybridized carbons (Fsp3) is 0.432. The number of aliphatic hydroxyl groups is 1. The second kappa shape index (κ2) is 19.8. The zero-order valence-electron chi connectivity index (χ0n) is 40.2. The Balaban J connectivity index is 0.957. The maximum Gasteiger partial charge on any atom is 0.490 e. The Kier molecular flexibility index (Phi) is 14.7. The third-order valence-corrected chi connectivity index (χ3v) is 16.9. The van der Waals surface area contributed by atoms with Gasteiger partial charge in [0.15, 0.2) is 17.0 Å². The number of ether oxygens (including phenoxy) is 2. The molecule has 2 unspecified atom stereocenters. The Morgan fingerprint density at radius 3 is 2.48 bits per heavy atom. The molecule has 0 aliphatic carbocycles. The molecule has 0 radical (unpaired) electrons. The van der Waals surface area contributed by atoms with Gasteiger partial charge >= 0.3 is 23.5 Å². The molecule has 2 aromatic heterocycles. The number of nitrogens with two attached hydrogens (primary N) is 1. The molecule has 6 heterocycles. The lowest BCUT2D eigenvalue weighted by Gasteiger charge is -2.43. The number of hydrogen-bond acceptors (Lipinski definition) is 18. The van der Waals surface area contributed by atoms with Gasteiger partial charge in [-0.3, -0.25) is 9.32 Å². The number of benzene rings is 2. The summed E-state index contributed by atoms with van der Waals surface area (Å²) >= 11 is 0. The van der Waals surface area contributed by atoms with Crippen LogP contribution in [-0.4, -0.2) is 113 Å². The zero-order valence-corrected chi connectivity index (χ0v) is 43.7. The first-order valence-electron chi connectivity index (χ1n) is 22.6. The molecule has 1 amide bonds. The quantitative estimate of drug-likeness (QED) is 0.0323. The molecule has 8 N–H and O–H groups in total. The minimum atomic E-state index is -5.77. The molecule has 4 aliphatic rings. The zero-order chi connectivity index (χ0) is 53.2. The van der Waals surface area contributed by atoms with E-state index < -0.39 is 69.9 Å². The summed E-state index contributed by atoms with van der Waals surface area (Å²) in [5, 5.41) is 14.9. The Morgan fingerprint density at radius 1 is 1.04 bits per heavy atom. The van der Waals surface area contributed by atoms with E-state index >= 15 is 0 Å². The summed E-state index contributed by atoms with van der Waals surface area (Å²) in [6.45, 7) is 12.4. The average molecular weight is 1090 g/mol. The van der Waals surface area contributed by atoms with Crippen LogP contribution in [-0.2, 0) is 46.5 Å². The van der Waals surface area contributed by atoms with Crippen LogP contribution in [0.25, 0.3) is 22.2 Å². The van der Waals surface area contributed by atoms with Crippen LogP contribution in [0.1, 0.15) is 83.7 Å². The lowest BCUT2D eigenvalue weighted by Crippen LogP contribution is -2.50. The van der Waals surface area contributed by atoms with E-state index in [1.54, 1.807) is 18.2 Å². The topological polar surface area (TPSA) is 360 Å². The van der Waals surface area contributed by atoms with Crippen LogP contribution in [0.2, 0.25) is 0 Å². The number of rotatable bonds is 16. The van der Waals surface area contributed by atoms with Crippen LogP contribution in [0.15, 0.2) is 53.9 Å². The van der Waals surface area contributed by atoms with E-state index in [0.717, 1.165) is 23.4 Å². The van der Waals surface area contributed by atoms with Crippen molar-refractivity contribution in [2.75, 3.05) is 42.6 Å². The third kappa shape index (κ3) is 12.0. The maximum absolute atomic E-state index is 13.2. The van der Waals surface area contributed by atoms with Crippen molar-refractivity contribution in [3.8, 4) is 23.3 Å². The third-order valence-electron chi connectivity index (χ3n) is 12.5. The van der Waals surface area contributed by atoms with Gasteiger partial charge in [-0.2, -0.15) is 8.62 Å². The number of phosphoric acid groups is 3. The maximum atomic E-state index is 13.2. The number of aliphatic hydroxyl groups excluding tert-OH is 1. The summed E-state index contributed by atoms with van der Waals surface area (Å²) in [5.41, 5.74) is 10.3. The van der Waals surface area contributed by atoms with Crippen molar-refractivity contribution >= 4 is 78.9 Å². The highest BCUT2D eigenvalue weighted by atomic mass is 32.2. The summed E-state index contributed by atoms with van der Waals surface area (Å²) in [5.74, 6) is 5.83. The van der Waals surface area contributed by atoms with Gasteiger partial charge in [-0.05, 0) is 57.0 Å². The highest BCUT2D eigenvalue weighted by Gasteiger charge is 2.44. The number of nitrogens with one attached hydrogen (secondary N) is 1. The molecule has 0 bridgehead atoms. The highest BCUT2D eigenvalue weighted by Crippen LogP contribution is 2.66. The Morgan fingerprint density at radius 2 is 1.78 bits per heavy atom. The smallest absolute Gasteiger partial charge is 0.490 e. The molecule has 2 aromatic carbocycles. The van der Waals surface area contributed by atoms with Crippen LogP contribution in [0.5, 0.6) is 11.5 Å². The normalized spacial score (nSPS) is 21.4. The number of nitrogen functional groups attached to an aromatic ring is 1. The summed E-state index contributed by atoms with van der Waals surface area (Å²) in [6, 6.07) is 7.53. The van der Waals surface area contributed by atoms with E-state index in [9.17, 15) is 46.4 Å². The van der Waals surface area contributed by atoms with Gasteiger partial charge in [-0.25, -0.2) is 41.6 Å². The number of likely N-dealkylation sites (N-methyl/N-ethyl adjacent to an activating group) is 1. The monoisotopic (exact) mass is 1090 g/mol. The van der Waals surface area contributed by atoms with Crippen molar-refractivity contribution in [1.82, 2.24) is 24.4 Å². The largest absolute Gasteiger partial charge is 0.748 e. The van der Waals surface area contributed by atoms with Crippen molar-refractivity contribution < 1.29 is 78.8 Å². The number of allylic oxidation sites excluding steroid dienone is 1. The van der Waals surface area contributed by atoms with Crippen molar-refractivity contribution in [3.63, 3.8) is 0 Å². The fourth-order valence-corrected chi connectivity index (χ4v) is 13.3. The van der Waals surface area contributed by atoms with Gasteiger partial charge in [-0.1, -0.05) is 17.9 Å². The Hall–Kier alpha value is -5.19. The number of aromatic nitrogens is 3. The van der Waals surface area contributed by atoms with Crippen LogP contribution in [0.4, 0.5) is 17.2 Å². The van der Waals surface area contributed by atoms with E-state index in [1.807, 2.05) is 30.6 Å². The summed E-state index contributed by atoms with van der Waals surface area (Å²) in [7, 11) is -21.6.